The maximum absolute atomic E-state index is 12.7. The maximum Gasteiger partial charge on any atom is 0.255 e. The molecule has 1 aromatic carbocycles. The molecule has 0 heterocycles. The maximum atomic E-state index is 12.7. The second-order valence-electron chi connectivity index (χ2n) is 4.92. The molecule has 2 nitrogen and oxygen atoms in total. The molecule has 0 saturated heterocycles. The van der Waals surface area contributed by atoms with Crippen molar-refractivity contribution in [2.75, 3.05) is 6.54 Å². The van der Waals surface area contributed by atoms with E-state index in [0.717, 1.165) is 26.6 Å². The first-order chi connectivity index (χ1) is 8.97. The molecule has 0 aliphatic heterocycles. The zero-order valence-electron chi connectivity index (χ0n) is 11.7. The Morgan fingerprint density at radius 3 is 2.63 bits per heavy atom. The van der Waals surface area contributed by atoms with Gasteiger partial charge in [0.15, 0.2) is 0 Å². The van der Waals surface area contributed by atoms with E-state index < -0.39 is 0 Å². The summed E-state index contributed by atoms with van der Waals surface area (Å²) < 4.78 is 1.96. The molecule has 0 unspecified atom stereocenters. The molecule has 0 aliphatic rings. The van der Waals surface area contributed by atoms with E-state index in [-0.39, 0.29) is 11.9 Å². The minimum atomic E-state index is 0.136. The molecule has 4 heteroatoms. The highest BCUT2D eigenvalue weighted by atomic mass is 127. The van der Waals surface area contributed by atoms with Gasteiger partial charge in [-0.15, -0.1) is 0 Å². The Labute approximate surface area is 138 Å². The fourth-order valence-corrected chi connectivity index (χ4v) is 2.87. The third-order valence-electron chi connectivity index (χ3n) is 3.05. The number of hydrogen-bond acceptors (Lipinski definition) is 1. The lowest BCUT2D eigenvalue weighted by atomic mass is 10.1. The Balaban J connectivity index is 2.89. The van der Waals surface area contributed by atoms with E-state index >= 15 is 0 Å². The third kappa shape index (κ3) is 5.06. The fourth-order valence-electron chi connectivity index (χ4n) is 1.94. The van der Waals surface area contributed by atoms with E-state index in [1.54, 1.807) is 0 Å². The summed E-state index contributed by atoms with van der Waals surface area (Å²) in [5.74, 6) is 0.136. The van der Waals surface area contributed by atoms with E-state index in [0.29, 0.717) is 0 Å². The van der Waals surface area contributed by atoms with Gasteiger partial charge in [-0.25, -0.2) is 0 Å². The summed E-state index contributed by atoms with van der Waals surface area (Å²) in [4.78, 5) is 14.6. The standard InChI is InChI=1S/C15H21BrINO/c1-4-5-6-9-18(11(2)3)15(19)13-10-12(16)7-8-14(13)17/h7-8,10-11H,4-6,9H2,1-3H3. The topological polar surface area (TPSA) is 20.3 Å². The van der Waals surface area contributed by atoms with Crippen molar-refractivity contribution in [3.63, 3.8) is 0 Å². The van der Waals surface area contributed by atoms with Gasteiger partial charge < -0.3 is 4.90 Å². The van der Waals surface area contributed by atoms with E-state index in [1.165, 1.54) is 12.8 Å². The van der Waals surface area contributed by atoms with Crippen LogP contribution in [0.2, 0.25) is 0 Å². The number of carbonyl (C=O) groups is 1. The molecule has 1 rings (SSSR count). The molecule has 1 amide bonds. The van der Waals surface area contributed by atoms with Crippen LogP contribution in [0.15, 0.2) is 22.7 Å². The van der Waals surface area contributed by atoms with Gasteiger partial charge in [0.05, 0.1) is 5.56 Å². The lowest BCUT2D eigenvalue weighted by Crippen LogP contribution is -2.38. The molecule has 0 aliphatic carbocycles. The number of carbonyl (C=O) groups excluding carboxylic acids is 1. The van der Waals surface area contributed by atoms with Crippen LogP contribution in [-0.2, 0) is 0 Å². The van der Waals surface area contributed by atoms with E-state index in [2.05, 4.69) is 59.3 Å². The number of halogens is 2. The van der Waals surface area contributed by atoms with Crippen LogP contribution in [0, 0.1) is 3.57 Å². The summed E-state index contributed by atoms with van der Waals surface area (Å²) in [5, 5.41) is 0. The van der Waals surface area contributed by atoms with Crippen LogP contribution in [0.3, 0.4) is 0 Å². The third-order valence-corrected chi connectivity index (χ3v) is 4.48. The first kappa shape index (κ1) is 17.0. The molecule has 0 radical (unpaired) electrons. The van der Waals surface area contributed by atoms with Crippen molar-refractivity contribution in [2.24, 2.45) is 0 Å². The van der Waals surface area contributed by atoms with Gasteiger partial charge >= 0.3 is 0 Å². The Morgan fingerprint density at radius 2 is 2.05 bits per heavy atom. The SMILES string of the molecule is CCCCCN(C(=O)c1cc(Br)ccc1I)C(C)C. The van der Waals surface area contributed by atoms with Crippen molar-refractivity contribution in [3.8, 4) is 0 Å². The minimum absolute atomic E-state index is 0.136. The Morgan fingerprint density at radius 1 is 1.37 bits per heavy atom. The number of amides is 1. The minimum Gasteiger partial charge on any atom is -0.336 e. The molecule has 0 N–H and O–H groups in total. The Kier molecular flexibility index (Phi) is 7.36. The molecule has 0 atom stereocenters. The normalized spacial score (nSPS) is 10.8. The molecule has 0 spiro atoms. The molecule has 0 aromatic heterocycles. The van der Waals surface area contributed by atoms with Gasteiger partial charge in [-0.05, 0) is 61.1 Å². The Hall–Kier alpha value is -0.100. The van der Waals surface area contributed by atoms with E-state index in [9.17, 15) is 4.79 Å². The zero-order chi connectivity index (χ0) is 14.4. The van der Waals surface area contributed by atoms with E-state index in [1.807, 2.05) is 23.1 Å². The van der Waals surface area contributed by atoms with Crippen LogP contribution in [-0.4, -0.2) is 23.4 Å². The van der Waals surface area contributed by atoms with Gasteiger partial charge in [-0.1, -0.05) is 35.7 Å². The number of hydrogen-bond donors (Lipinski definition) is 0. The van der Waals surface area contributed by atoms with Crippen molar-refractivity contribution >= 4 is 44.4 Å². The second kappa shape index (κ2) is 8.25. The van der Waals surface area contributed by atoms with Crippen LogP contribution in [0.1, 0.15) is 50.4 Å². The monoisotopic (exact) mass is 437 g/mol. The average Bonchev–Trinajstić information content (AvgIpc) is 2.36. The molecule has 0 fully saturated rings. The number of unbranched alkanes of at least 4 members (excludes halogenated alkanes) is 2. The lowest BCUT2D eigenvalue weighted by molar-refractivity contribution is 0.0701. The smallest absolute Gasteiger partial charge is 0.255 e. The summed E-state index contributed by atoms with van der Waals surface area (Å²) in [7, 11) is 0. The fraction of sp³-hybridized carbons (Fsp3) is 0.533. The van der Waals surface area contributed by atoms with Crippen LogP contribution in [0.25, 0.3) is 0 Å². The van der Waals surface area contributed by atoms with Crippen LogP contribution in [0.5, 0.6) is 0 Å². The molecule has 1 aromatic rings. The summed E-state index contributed by atoms with van der Waals surface area (Å²) in [6, 6.07) is 6.09. The van der Waals surface area contributed by atoms with Gasteiger partial charge in [-0.2, -0.15) is 0 Å². The highest BCUT2D eigenvalue weighted by Crippen LogP contribution is 2.21. The van der Waals surface area contributed by atoms with Gasteiger partial charge in [0, 0.05) is 20.6 Å². The predicted octanol–water partition coefficient (Wildman–Crippen LogP) is 5.09. The molecular weight excluding hydrogens is 417 g/mol. The molecular formula is C15H21BrINO. The predicted molar refractivity (Wildman–Crippen MR) is 92.6 cm³/mol. The lowest BCUT2D eigenvalue weighted by Gasteiger charge is -2.27. The van der Waals surface area contributed by atoms with Crippen LogP contribution in [0.4, 0.5) is 0 Å². The van der Waals surface area contributed by atoms with Crippen molar-refractivity contribution in [1.29, 1.82) is 0 Å². The number of rotatable bonds is 6. The number of benzene rings is 1. The zero-order valence-corrected chi connectivity index (χ0v) is 15.5. The first-order valence-electron chi connectivity index (χ1n) is 6.73. The van der Waals surface area contributed by atoms with Gasteiger partial charge in [0.1, 0.15) is 0 Å². The highest BCUT2D eigenvalue weighted by molar-refractivity contribution is 14.1. The van der Waals surface area contributed by atoms with E-state index in [4.69, 9.17) is 0 Å². The largest absolute Gasteiger partial charge is 0.336 e. The molecule has 0 bridgehead atoms. The quantitative estimate of drug-likeness (QED) is 0.448. The van der Waals surface area contributed by atoms with Crippen molar-refractivity contribution in [2.45, 2.75) is 46.1 Å². The van der Waals surface area contributed by atoms with Crippen molar-refractivity contribution in [1.82, 2.24) is 4.90 Å². The highest BCUT2D eigenvalue weighted by Gasteiger charge is 2.20. The summed E-state index contributed by atoms with van der Waals surface area (Å²) in [6.07, 6.45) is 3.42. The summed E-state index contributed by atoms with van der Waals surface area (Å²) in [6.45, 7) is 7.18. The summed E-state index contributed by atoms with van der Waals surface area (Å²) >= 11 is 5.67. The summed E-state index contributed by atoms with van der Waals surface area (Å²) in [5.41, 5.74) is 0.792. The molecule has 0 saturated carbocycles. The molecule has 106 valence electrons. The van der Waals surface area contributed by atoms with Gasteiger partial charge in [0.25, 0.3) is 5.91 Å². The first-order valence-corrected chi connectivity index (χ1v) is 8.60. The van der Waals surface area contributed by atoms with Crippen molar-refractivity contribution in [3.05, 3.63) is 31.8 Å². The van der Waals surface area contributed by atoms with Gasteiger partial charge in [0.2, 0.25) is 0 Å². The van der Waals surface area contributed by atoms with Gasteiger partial charge in [-0.3, -0.25) is 4.79 Å². The average molecular weight is 438 g/mol. The van der Waals surface area contributed by atoms with Crippen LogP contribution >= 0.6 is 38.5 Å². The molecule has 19 heavy (non-hydrogen) atoms. The van der Waals surface area contributed by atoms with Crippen LogP contribution < -0.4 is 0 Å². The Bertz CT molecular complexity index is 434. The second-order valence-corrected chi connectivity index (χ2v) is 7.00. The number of nitrogens with zero attached hydrogens (tertiary/aromatic N) is 1. The van der Waals surface area contributed by atoms with Crippen molar-refractivity contribution < 1.29 is 4.79 Å².